The van der Waals surface area contributed by atoms with E-state index in [9.17, 15) is 9.59 Å². The van der Waals surface area contributed by atoms with Crippen molar-refractivity contribution in [2.45, 2.75) is 45.6 Å². The van der Waals surface area contributed by atoms with E-state index in [1.807, 2.05) is 28.0 Å². The third kappa shape index (κ3) is 7.02. The van der Waals surface area contributed by atoms with Crippen molar-refractivity contribution in [2.75, 3.05) is 63.9 Å². The van der Waals surface area contributed by atoms with Crippen LogP contribution in [0.5, 0.6) is 0 Å². The summed E-state index contributed by atoms with van der Waals surface area (Å²) >= 11 is 0. The van der Waals surface area contributed by atoms with E-state index in [4.69, 9.17) is 5.11 Å². The van der Waals surface area contributed by atoms with Crippen molar-refractivity contribution < 1.29 is 14.7 Å². The van der Waals surface area contributed by atoms with Gasteiger partial charge in [-0.15, -0.1) is 0 Å². The average molecular weight is 431 g/mol. The van der Waals surface area contributed by atoms with Crippen molar-refractivity contribution in [2.24, 2.45) is 0 Å². The van der Waals surface area contributed by atoms with Crippen LogP contribution in [-0.2, 0) is 16.1 Å². The van der Waals surface area contributed by atoms with Crippen LogP contribution < -0.4 is 4.90 Å². The zero-order valence-corrected chi connectivity index (χ0v) is 19.0. The molecule has 0 aromatic heterocycles. The number of amides is 2. The fraction of sp³-hybridized carbons (Fsp3) is 0.667. The molecule has 1 saturated heterocycles. The molecule has 2 aliphatic rings. The van der Waals surface area contributed by atoms with Gasteiger partial charge in [-0.25, -0.2) is 0 Å². The van der Waals surface area contributed by atoms with E-state index in [1.165, 1.54) is 6.42 Å². The lowest BCUT2D eigenvalue weighted by molar-refractivity contribution is -0.134. The molecule has 0 aliphatic carbocycles. The predicted molar refractivity (Wildman–Crippen MR) is 123 cm³/mol. The van der Waals surface area contributed by atoms with Gasteiger partial charge in [0, 0.05) is 58.4 Å². The van der Waals surface area contributed by atoms with Gasteiger partial charge in [-0.2, -0.15) is 0 Å². The Morgan fingerprint density at radius 2 is 1.55 bits per heavy atom. The lowest BCUT2D eigenvalue weighted by atomic mass is 10.1. The number of carbonyl (C=O) groups is 2. The van der Waals surface area contributed by atoms with E-state index < -0.39 is 0 Å². The molecule has 2 aliphatic heterocycles. The number of β-amino-alcohol motifs (C(OH)–C–C–N with tert-alkyl or cyclic N) is 1. The molecule has 0 saturated carbocycles. The van der Waals surface area contributed by atoms with E-state index >= 15 is 0 Å². The number of aliphatic hydroxyl groups excluding tert-OH is 1. The Labute approximate surface area is 186 Å². The summed E-state index contributed by atoms with van der Waals surface area (Å²) in [7, 11) is 0. The van der Waals surface area contributed by atoms with Gasteiger partial charge in [-0.1, -0.05) is 37.5 Å². The number of rotatable bonds is 4. The number of hydrogen-bond donors (Lipinski definition) is 1. The van der Waals surface area contributed by atoms with Gasteiger partial charge in [0.25, 0.3) is 0 Å². The summed E-state index contributed by atoms with van der Waals surface area (Å²) < 4.78 is 0. The number of fused-ring (bicyclic) bond motifs is 1. The summed E-state index contributed by atoms with van der Waals surface area (Å²) in [6.07, 6.45) is 5.58. The van der Waals surface area contributed by atoms with Gasteiger partial charge in [0.05, 0.1) is 13.2 Å². The van der Waals surface area contributed by atoms with Crippen LogP contribution in [0.15, 0.2) is 24.3 Å². The molecule has 3 rings (SSSR count). The number of carbonyl (C=O) groups excluding carboxylic acids is 2. The number of hydrogen-bond acceptors (Lipinski definition) is 5. The quantitative estimate of drug-likeness (QED) is 0.791. The van der Waals surface area contributed by atoms with Crippen molar-refractivity contribution in [3.8, 4) is 0 Å². The molecule has 0 unspecified atom stereocenters. The Kier molecular flexibility index (Phi) is 9.31. The highest BCUT2D eigenvalue weighted by molar-refractivity contribution is 5.92. The Morgan fingerprint density at radius 1 is 0.871 bits per heavy atom. The molecule has 1 aromatic carbocycles. The minimum absolute atomic E-state index is 0.0767. The van der Waals surface area contributed by atoms with Crippen molar-refractivity contribution in [1.82, 2.24) is 14.7 Å². The lowest BCUT2D eigenvalue weighted by Crippen LogP contribution is -2.51. The first-order valence-electron chi connectivity index (χ1n) is 11.8. The van der Waals surface area contributed by atoms with Crippen LogP contribution in [0.3, 0.4) is 0 Å². The molecule has 1 N–H and O–H groups in total. The number of nitrogens with zero attached hydrogens (tertiary/aromatic N) is 4. The zero-order valence-electron chi connectivity index (χ0n) is 19.0. The molecule has 7 heteroatoms. The fourth-order valence-corrected chi connectivity index (χ4v) is 4.60. The molecule has 2 amide bonds. The highest BCUT2D eigenvalue weighted by Crippen LogP contribution is 2.24. The maximum Gasteiger partial charge on any atom is 0.236 e. The number of anilines is 1. The SMILES string of the molecule is CC(=O)N1CCCCCCCN(CC(=O)N2CCN(CCO)CC2)Cc2ccccc21. The van der Waals surface area contributed by atoms with Gasteiger partial charge < -0.3 is 14.9 Å². The van der Waals surface area contributed by atoms with Crippen LogP contribution in [0.25, 0.3) is 0 Å². The van der Waals surface area contributed by atoms with Gasteiger partial charge in [-0.3, -0.25) is 19.4 Å². The van der Waals surface area contributed by atoms with E-state index in [2.05, 4.69) is 15.9 Å². The standard InChI is InChI=1S/C24H38N4O3/c1-21(30)28-12-8-4-2-3-7-11-26(19-22-9-5-6-10-23(22)28)20-24(31)27-15-13-25(14-16-27)17-18-29/h5-6,9-10,29H,2-4,7-8,11-20H2,1H3. The Bertz CT molecular complexity index is 719. The number of para-hydroxylation sites is 1. The van der Waals surface area contributed by atoms with Crippen LogP contribution in [0, 0.1) is 0 Å². The number of aliphatic hydroxyl groups is 1. The fourth-order valence-electron chi connectivity index (χ4n) is 4.60. The monoisotopic (exact) mass is 430 g/mol. The van der Waals surface area contributed by atoms with Gasteiger partial charge in [0.1, 0.15) is 0 Å². The van der Waals surface area contributed by atoms with Crippen LogP contribution in [-0.4, -0.2) is 90.6 Å². The molecule has 172 valence electrons. The summed E-state index contributed by atoms with van der Waals surface area (Å²) in [4.78, 5) is 33.7. The molecule has 1 aromatic rings. The van der Waals surface area contributed by atoms with E-state index in [0.717, 1.165) is 76.2 Å². The second-order valence-electron chi connectivity index (χ2n) is 8.72. The second kappa shape index (κ2) is 12.2. The van der Waals surface area contributed by atoms with E-state index in [1.54, 1.807) is 6.92 Å². The molecule has 0 radical (unpaired) electrons. The lowest BCUT2D eigenvalue weighted by Gasteiger charge is -2.36. The maximum atomic E-state index is 13.0. The largest absolute Gasteiger partial charge is 0.395 e. The molecule has 7 nitrogen and oxygen atoms in total. The molecule has 0 atom stereocenters. The summed E-state index contributed by atoms with van der Waals surface area (Å²) in [6, 6.07) is 8.12. The van der Waals surface area contributed by atoms with Crippen LogP contribution >= 0.6 is 0 Å². The minimum Gasteiger partial charge on any atom is -0.395 e. The van der Waals surface area contributed by atoms with Gasteiger partial charge in [-0.05, 0) is 31.0 Å². The average Bonchev–Trinajstić information content (AvgIpc) is 2.75. The minimum atomic E-state index is 0.0767. The molecule has 0 bridgehead atoms. The van der Waals surface area contributed by atoms with Crippen LogP contribution in [0.2, 0.25) is 0 Å². The summed E-state index contributed by atoms with van der Waals surface area (Å²) in [5.41, 5.74) is 2.09. The summed E-state index contributed by atoms with van der Waals surface area (Å²) in [5.74, 6) is 0.254. The highest BCUT2D eigenvalue weighted by Gasteiger charge is 2.24. The maximum absolute atomic E-state index is 13.0. The first-order chi connectivity index (χ1) is 15.1. The summed E-state index contributed by atoms with van der Waals surface area (Å²) in [6.45, 7) is 8.31. The van der Waals surface area contributed by atoms with Gasteiger partial charge in [0.2, 0.25) is 11.8 Å². The zero-order chi connectivity index (χ0) is 22.1. The Hall–Kier alpha value is -1.96. The van der Waals surface area contributed by atoms with Gasteiger partial charge >= 0.3 is 0 Å². The van der Waals surface area contributed by atoms with Crippen LogP contribution in [0.1, 0.15) is 44.6 Å². The molecular formula is C24H38N4O3. The molecular weight excluding hydrogens is 392 g/mol. The third-order valence-corrected chi connectivity index (χ3v) is 6.41. The van der Waals surface area contributed by atoms with Gasteiger partial charge in [0.15, 0.2) is 0 Å². The topological polar surface area (TPSA) is 67.3 Å². The smallest absolute Gasteiger partial charge is 0.236 e. The third-order valence-electron chi connectivity index (χ3n) is 6.41. The molecule has 31 heavy (non-hydrogen) atoms. The predicted octanol–water partition coefficient (Wildman–Crippen LogP) is 1.94. The number of piperazine rings is 1. The molecule has 0 spiro atoms. The molecule has 2 heterocycles. The highest BCUT2D eigenvalue weighted by atomic mass is 16.3. The summed E-state index contributed by atoms with van der Waals surface area (Å²) in [5, 5.41) is 9.12. The van der Waals surface area contributed by atoms with Crippen molar-refractivity contribution in [3.63, 3.8) is 0 Å². The van der Waals surface area contributed by atoms with Crippen molar-refractivity contribution in [3.05, 3.63) is 29.8 Å². The normalized spacial score (nSPS) is 19.9. The van der Waals surface area contributed by atoms with E-state index in [0.29, 0.717) is 19.6 Å². The van der Waals surface area contributed by atoms with E-state index in [-0.39, 0.29) is 18.4 Å². The molecule has 1 fully saturated rings. The Balaban J connectivity index is 1.70. The second-order valence-corrected chi connectivity index (χ2v) is 8.72. The first-order valence-corrected chi connectivity index (χ1v) is 11.8. The van der Waals surface area contributed by atoms with Crippen molar-refractivity contribution in [1.29, 1.82) is 0 Å². The Morgan fingerprint density at radius 3 is 2.26 bits per heavy atom. The first kappa shape index (κ1) is 23.7. The van der Waals surface area contributed by atoms with Crippen molar-refractivity contribution >= 4 is 17.5 Å². The number of benzene rings is 1. The van der Waals surface area contributed by atoms with Crippen LogP contribution in [0.4, 0.5) is 5.69 Å².